The van der Waals surface area contributed by atoms with Crippen LogP contribution in [-0.4, -0.2) is 16.8 Å². The van der Waals surface area contributed by atoms with Crippen molar-refractivity contribution in [1.29, 1.82) is 0 Å². The van der Waals surface area contributed by atoms with Crippen LogP contribution in [0.3, 0.4) is 0 Å². The van der Waals surface area contributed by atoms with Gasteiger partial charge in [0.1, 0.15) is 11.8 Å². The molecule has 8 heteroatoms. The zero-order valence-electron chi connectivity index (χ0n) is 18.0. The van der Waals surface area contributed by atoms with Crippen LogP contribution in [0.25, 0.3) is 5.76 Å². The summed E-state index contributed by atoms with van der Waals surface area (Å²) in [5.74, 6) is -2.27. The first-order chi connectivity index (χ1) is 15.5. The zero-order valence-corrected chi connectivity index (χ0v) is 18.8. The van der Waals surface area contributed by atoms with E-state index in [-0.39, 0.29) is 17.0 Å². The molecule has 0 aliphatic carbocycles. The van der Waals surface area contributed by atoms with Crippen LogP contribution in [0.4, 0.5) is 18.9 Å². The minimum absolute atomic E-state index is 0.0651. The van der Waals surface area contributed by atoms with E-state index in [2.05, 4.69) is 0 Å². The predicted octanol–water partition coefficient (Wildman–Crippen LogP) is 6.32. The van der Waals surface area contributed by atoms with Crippen molar-refractivity contribution in [2.45, 2.75) is 33.0 Å². The number of Topliss-reactive ketones (excluding diaryl/α,β-unsaturated/α-hetero) is 1. The highest BCUT2D eigenvalue weighted by Gasteiger charge is 2.48. The molecule has 1 amide bonds. The number of carbonyl (C=O) groups is 2. The Morgan fingerprint density at radius 1 is 1.00 bits per heavy atom. The molecule has 1 aromatic heterocycles. The Morgan fingerprint density at radius 2 is 1.73 bits per heavy atom. The summed E-state index contributed by atoms with van der Waals surface area (Å²) < 4.78 is 40.1. The summed E-state index contributed by atoms with van der Waals surface area (Å²) in [5, 5.41) is 13.0. The van der Waals surface area contributed by atoms with E-state index in [4.69, 9.17) is 0 Å². The number of hydrogen-bond acceptors (Lipinski definition) is 4. The summed E-state index contributed by atoms with van der Waals surface area (Å²) in [6.45, 7) is 5.39. The van der Waals surface area contributed by atoms with Gasteiger partial charge in [-0.05, 0) is 67.6 Å². The third-order valence-corrected chi connectivity index (χ3v) is 6.77. The molecule has 0 bridgehead atoms. The first-order valence-electron chi connectivity index (χ1n) is 10.1. The number of rotatable bonds is 3. The Balaban J connectivity index is 1.98. The molecule has 0 radical (unpaired) electrons. The summed E-state index contributed by atoms with van der Waals surface area (Å²) in [5.41, 5.74) is 1.56. The van der Waals surface area contributed by atoms with Crippen LogP contribution in [0, 0.1) is 20.8 Å². The van der Waals surface area contributed by atoms with E-state index in [1.807, 2.05) is 13.0 Å². The fraction of sp³-hybridized carbons (Fsp3) is 0.200. The smallest absolute Gasteiger partial charge is 0.416 e. The Morgan fingerprint density at radius 3 is 2.36 bits per heavy atom. The van der Waals surface area contributed by atoms with Crippen molar-refractivity contribution < 1.29 is 27.9 Å². The second kappa shape index (κ2) is 8.19. The number of alkyl halides is 3. The highest BCUT2D eigenvalue weighted by molar-refractivity contribution is 7.10. The lowest BCUT2D eigenvalue weighted by Crippen LogP contribution is -2.29. The lowest BCUT2D eigenvalue weighted by molar-refractivity contribution is -0.137. The molecule has 1 aliphatic rings. The van der Waals surface area contributed by atoms with Gasteiger partial charge in [-0.25, -0.2) is 0 Å². The lowest BCUT2D eigenvalue weighted by atomic mass is 9.95. The lowest BCUT2D eigenvalue weighted by Gasteiger charge is -2.25. The van der Waals surface area contributed by atoms with Crippen molar-refractivity contribution in [3.05, 3.63) is 92.2 Å². The van der Waals surface area contributed by atoms with Crippen LogP contribution in [-0.2, 0) is 15.8 Å². The van der Waals surface area contributed by atoms with Crippen LogP contribution in [0.2, 0.25) is 0 Å². The molecule has 2 heterocycles. The maximum absolute atomic E-state index is 13.4. The number of thiophene rings is 1. The molecule has 1 fully saturated rings. The molecule has 0 spiro atoms. The maximum atomic E-state index is 13.4. The molecule has 1 unspecified atom stereocenters. The van der Waals surface area contributed by atoms with Crippen molar-refractivity contribution >= 4 is 34.5 Å². The second-order valence-electron chi connectivity index (χ2n) is 8.00. The number of carbonyl (C=O) groups excluding carboxylic acids is 2. The fourth-order valence-electron chi connectivity index (χ4n) is 3.98. The van der Waals surface area contributed by atoms with Crippen LogP contribution < -0.4 is 4.90 Å². The fourth-order valence-corrected chi connectivity index (χ4v) is 5.00. The Hall–Kier alpha value is -3.39. The van der Waals surface area contributed by atoms with E-state index < -0.39 is 29.5 Å². The minimum Gasteiger partial charge on any atom is -0.507 e. The van der Waals surface area contributed by atoms with Crippen molar-refractivity contribution in [3.8, 4) is 0 Å². The number of nitrogens with zero attached hydrogens (tertiary/aromatic N) is 1. The molecule has 1 atom stereocenters. The molecule has 1 saturated heterocycles. The average Bonchev–Trinajstić information content (AvgIpc) is 3.29. The van der Waals surface area contributed by atoms with Gasteiger partial charge in [0.05, 0.1) is 11.1 Å². The van der Waals surface area contributed by atoms with E-state index in [9.17, 15) is 27.9 Å². The third kappa shape index (κ3) is 3.95. The van der Waals surface area contributed by atoms with Gasteiger partial charge in [0.2, 0.25) is 0 Å². The Labute approximate surface area is 192 Å². The summed E-state index contributed by atoms with van der Waals surface area (Å²) in [7, 11) is 0. The molecule has 2 aromatic carbocycles. The average molecular weight is 472 g/mol. The monoisotopic (exact) mass is 471 g/mol. The van der Waals surface area contributed by atoms with Gasteiger partial charge >= 0.3 is 6.18 Å². The van der Waals surface area contributed by atoms with E-state index in [0.29, 0.717) is 16.0 Å². The molecule has 0 saturated carbocycles. The molecule has 1 N–H and O–H groups in total. The van der Waals surface area contributed by atoms with E-state index in [0.717, 1.165) is 28.2 Å². The largest absolute Gasteiger partial charge is 0.507 e. The van der Waals surface area contributed by atoms with Crippen LogP contribution >= 0.6 is 11.3 Å². The van der Waals surface area contributed by atoms with Gasteiger partial charge in [0.25, 0.3) is 11.7 Å². The molecular weight excluding hydrogens is 451 g/mol. The molecule has 4 nitrogen and oxygen atoms in total. The summed E-state index contributed by atoms with van der Waals surface area (Å²) in [6.07, 6.45) is -4.61. The SMILES string of the molecule is Cc1ccc(C)c(/C(O)=C2/C(=O)C(=O)N(c3cccc(C(F)(F)F)c3)C2c2sccc2C)c1. The predicted molar refractivity (Wildman–Crippen MR) is 121 cm³/mol. The van der Waals surface area contributed by atoms with Crippen molar-refractivity contribution in [3.63, 3.8) is 0 Å². The van der Waals surface area contributed by atoms with Crippen molar-refractivity contribution in [2.24, 2.45) is 0 Å². The second-order valence-corrected chi connectivity index (χ2v) is 8.95. The molecule has 170 valence electrons. The molecule has 4 rings (SSSR count). The Bertz CT molecular complexity index is 1310. The number of halogens is 3. The van der Waals surface area contributed by atoms with E-state index in [1.165, 1.54) is 23.5 Å². The standard InChI is InChI=1S/C25H20F3NO3S/c1-13-7-8-14(2)18(11-13)21(30)19-20(23-15(3)9-10-33-23)29(24(32)22(19)31)17-6-4-5-16(12-17)25(26,27)28/h4-12,20,30H,1-3H3/b21-19-. The number of benzene rings is 2. The summed E-state index contributed by atoms with van der Waals surface area (Å²) >= 11 is 1.27. The number of ketones is 1. The van der Waals surface area contributed by atoms with Gasteiger partial charge < -0.3 is 5.11 Å². The zero-order chi connectivity index (χ0) is 24.1. The first-order valence-corrected chi connectivity index (χ1v) is 11.0. The van der Waals surface area contributed by atoms with Crippen LogP contribution in [0.5, 0.6) is 0 Å². The molecule has 1 aliphatic heterocycles. The summed E-state index contributed by atoms with van der Waals surface area (Å²) in [4.78, 5) is 28.0. The van der Waals surface area contributed by atoms with Crippen molar-refractivity contribution in [1.82, 2.24) is 0 Å². The number of anilines is 1. The van der Waals surface area contributed by atoms with Gasteiger partial charge in [-0.1, -0.05) is 23.8 Å². The first kappa shape index (κ1) is 22.8. The van der Waals surface area contributed by atoms with Crippen molar-refractivity contribution in [2.75, 3.05) is 4.90 Å². The van der Waals surface area contributed by atoms with Gasteiger partial charge in [0.15, 0.2) is 0 Å². The highest BCUT2D eigenvalue weighted by atomic mass is 32.1. The van der Waals surface area contributed by atoms with Gasteiger partial charge in [-0.15, -0.1) is 11.3 Å². The van der Waals surface area contributed by atoms with E-state index >= 15 is 0 Å². The van der Waals surface area contributed by atoms with E-state index in [1.54, 1.807) is 37.4 Å². The number of aryl methyl sites for hydroxylation is 3. The number of hydrogen-bond donors (Lipinski definition) is 1. The highest BCUT2D eigenvalue weighted by Crippen LogP contribution is 2.46. The molecule has 33 heavy (non-hydrogen) atoms. The summed E-state index contributed by atoms with van der Waals surface area (Å²) in [6, 6.07) is 10.4. The third-order valence-electron chi connectivity index (χ3n) is 5.69. The topological polar surface area (TPSA) is 57.6 Å². The number of amides is 1. The number of aliphatic hydroxyl groups is 1. The normalized spacial score (nSPS) is 18.2. The maximum Gasteiger partial charge on any atom is 0.416 e. The minimum atomic E-state index is -4.61. The van der Waals surface area contributed by atoms with Gasteiger partial charge in [-0.3, -0.25) is 14.5 Å². The van der Waals surface area contributed by atoms with Gasteiger partial charge in [0, 0.05) is 16.1 Å². The van der Waals surface area contributed by atoms with Crippen LogP contribution in [0.15, 0.2) is 59.5 Å². The molecular formula is C25H20F3NO3S. The van der Waals surface area contributed by atoms with Crippen LogP contribution in [0.1, 0.15) is 38.7 Å². The van der Waals surface area contributed by atoms with Gasteiger partial charge in [-0.2, -0.15) is 13.2 Å². The molecule has 3 aromatic rings. The Kier molecular flexibility index (Phi) is 5.66. The number of aliphatic hydroxyl groups excluding tert-OH is 1. The quantitative estimate of drug-likeness (QED) is 0.276.